The molecule has 0 unspecified atom stereocenters. The summed E-state index contributed by atoms with van der Waals surface area (Å²) in [5.74, 6) is 0.568. The third-order valence-corrected chi connectivity index (χ3v) is 4.49. The third-order valence-electron chi connectivity index (χ3n) is 4.49. The van der Waals surface area contributed by atoms with Crippen LogP contribution >= 0.6 is 0 Å². The van der Waals surface area contributed by atoms with Gasteiger partial charge in [-0.2, -0.15) is 0 Å². The number of H-pyrrole nitrogens is 1. The van der Waals surface area contributed by atoms with Gasteiger partial charge >= 0.3 is 0 Å². The molecule has 0 aliphatic carbocycles. The largest absolute Gasteiger partial charge is 0.441 e. The maximum absolute atomic E-state index is 15.2. The zero-order valence-corrected chi connectivity index (χ0v) is 14.8. The predicted octanol–water partition coefficient (Wildman–Crippen LogP) is 4.51. The minimum atomic E-state index is -0.449. The van der Waals surface area contributed by atoms with Gasteiger partial charge in [-0.25, -0.2) is 14.4 Å². The fourth-order valence-electron chi connectivity index (χ4n) is 3.11. The highest BCUT2D eigenvalue weighted by molar-refractivity contribution is 6.10. The molecule has 0 bridgehead atoms. The maximum atomic E-state index is 15.2. The van der Waals surface area contributed by atoms with Crippen LogP contribution in [0.2, 0.25) is 0 Å². The second-order valence-electron chi connectivity index (χ2n) is 6.22. The average molecular weight is 364 g/mol. The number of ketones is 1. The van der Waals surface area contributed by atoms with Crippen LogP contribution in [-0.2, 0) is 0 Å². The average Bonchev–Trinajstić information content (AvgIpc) is 3.29. The molecular formula is C20H17FN4O2. The first-order valence-electron chi connectivity index (χ1n) is 8.51. The van der Waals surface area contributed by atoms with Crippen molar-refractivity contribution in [2.45, 2.75) is 20.3 Å². The summed E-state index contributed by atoms with van der Waals surface area (Å²) in [7, 11) is 0. The number of hydrogen-bond acceptors (Lipinski definition) is 5. The number of nitrogen functional groups attached to an aromatic ring is 1. The van der Waals surface area contributed by atoms with Crippen molar-refractivity contribution in [2.24, 2.45) is 0 Å². The van der Waals surface area contributed by atoms with Gasteiger partial charge in [0.25, 0.3) is 0 Å². The van der Waals surface area contributed by atoms with E-state index in [1.165, 1.54) is 12.4 Å². The maximum Gasteiger partial charge on any atom is 0.191 e. The number of aromatic nitrogens is 3. The molecule has 7 heteroatoms. The number of benzene rings is 1. The summed E-state index contributed by atoms with van der Waals surface area (Å²) in [4.78, 5) is 23.4. The van der Waals surface area contributed by atoms with E-state index in [0.29, 0.717) is 51.4 Å². The van der Waals surface area contributed by atoms with Crippen LogP contribution in [0.15, 0.2) is 41.1 Å². The highest BCUT2D eigenvalue weighted by atomic mass is 19.1. The molecule has 27 heavy (non-hydrogen) atoms. The van der Waals surface area contributed by atoms with E-state index < -0.39 is 5.82 Å². The van der Waals surface area contributed by atoms with Gasteiger partial charge < -0.3 is 15.1 Å². The van der Waals surface area contributed by atoms with Crippen LogP contribution in [0.1, 0.15) is 29.6 Å². The Morgan fingerprint density at radius 3 is 2.74 bits per heavy atom. The molecule has 0 aliphatic heterocycles. The van der Waals surface area contributed by atoms with Crippen molar-refractivity contribution >= 4 is 22.5 Å². The van der Waals surface area contributed by atoms with Gasteiger partial charge in [-0.15, -0.1) is 0 Å². The molecule has 0 saturated heterocycles. The van der Waals surface area contributed by atoms with Gasteiger partial charge in [0.2, 0.25) is 0 Å². The third kappa shape index (κ3) is 2.77. The predicted molar refractivity (Wildman–Crippen MR) is 101 cm³/mol. The lowest BCUT2D eigenvalue weighted by atomic mass is 10.0. The number of Topliss-reactive ketones (excluding diaryl/α,β-unsaturated/α-hetero) is 1. The number of halogens is 1. The summed E-state index contributed by atoms with van der Waals surface area (Å²) in [6.07, 6.45) is 3.30. The fourth-order valence-corrected chi connectivity index (χ4v) is 3.11. The van der Waals surface area contributed by atoms with E-state index in [1.54, 1.807) is 38.1 Å². The molecule has 0 atom stereocenters. The zero-order valence-electron chi connectivity index (χ0n) is 14.8. The molecule has 3 N–H and O–H groups in total. The Labute approximate surface area is 154 Å². The van der Waals surface area contributed by atoms with Crippen molar-refractivity contribution < 1.29 is 13.6 Å². The van der Waals surface area contributed by atoms with Gasteiger partial charge in [0.1, 0.15) is 11.6 Å². The quantitative estimate of drug-likeness (QED) is 0.519. The number of aromatic amines is 1. The fraction of sp³-hybridized carbons (Fsp3) is 0.150. The summed E-state index contributed by atoms with van der Waals surface area (Å²) in [5.41, 5.74) is 8.08. The topological polar surface area (TPSA) is 97.8 Å². The molecule has 0 aliphatic rings. The van der Waals surface area contributed by atoms with Crippen molar-refractivity contribution in [3.63, 3.8) is 0 Å². The van der Waals surface area contributed by atoms with Crippen molar-refractivity contribution in [1.82, 2.24) is 15.0 Å². The Hall–Kier alpha value is -3.48. The van der Waals surface area contributed by atoms with Crippen molar-refractivity contribution in [1.29, 1.82) is 0 Å². The summed E-state index contributed by atoms with van der Waals surface area (Å²) >= 11 is 0. The number of anilines is 1. The highest BCUT2D eigenvalue weighted by Gasteiger charge is 2.19. The van der Waals surface area contributed by atoms with Crippen molar-refractivity contribution in [3.05, 3.63) is 53.9 Å². The standard InChI is InChI=1S/C20H17FN4O2/c1-3-16(26)14-8-24-20(22)19-13(14)7-15(25-19)11-5-4-6-12(18(11)21)17-9-23-10(2)27-17/h4-9,25H,3H2,1-2H3,(H2,22,24). The summed E-state index contributed by atoms with van der Waals surface area (Å²) in [5, 5.41) is 0.629. The van der Waals surface area contributed by atoms with Crippen molar-refractivity contribution in [3.8, 4) is 22.6 Å². The lowest BCUT2D eigenvalue weighted by molar-refractivity contribution is 0.0989. The number of nitrogens with two attached hydrogens (primary N) is 1. The van der Waals surface area contributed by atoms with E-state index >= 15 is 4.39 Å². The van der Waals surface area contributed by atoms with E-state index in [2.05, 4.69) is 15.0 Å². The lowest BCUT2D eigenvalue weighted by Crippen LogP contribution is -2.00. The SMILES string of the molecule is CCC(=O)c1cnc(N)c2[nH]c(-c3cccc(-c4cnc(C)o4)c3F)cc12. The molecule has 0 saturated carbocycles. The number of carbonyl (C=O) groups excluding carboxylic acids is 1. The molecule has 0 fully saturated rings. The van der Waals surface area contributed by atoms with Gasteiger partial charge in [-0.1, -0.05) is 13.0 Å². The van der Waals surface area contributed by atoms with Gasteiger partial charge in [-0.05, 0) is 18.2 Å². The first kappa shape index (κ1) is 17.0. The number of hydrogen-bond donors (Lipinski definition) is 2. The zero-order chi connectivity index (χ0) is 19.1. The number of aryl methyl sites for hydroxylation is 1. The minimum Gasteiger partial charge on any atom is -0.441 e. The molecule has 4 aromatic rings. The van der Waals surface area contributed by atoms with Crippen LogP contribution in [-0.4, -0.2) is 20.7 Å². The summed E-state index contributed by atoms with van der Waals surface area (Å²) in [6, 6.07) is 6.74. The van der Waals surface area contributed by atoms with Gasteiger partial charge in [0.15, 0.2) is 17.4 Å². The van der Waals surface area contributed by atoms with Crippen LogP contribution in [0.4, 0.5) is 10.2 Å². The number of oxazole rings is 1. The van der Waals surface area contributed by atoms with E-state index in [9.17, 15) is 4.79 Å². The number of fused-ring (bicyclic) bond motifs is 1. The number of rotatable bonds is 4. The van der Waals surface area contributed by atoms with Crippen LogP contribution in [0, 0.1) is 12.7 Å². The Kier molecular flexibility index (Phi) is 3.99. The second-order valence-corrected chi connectivity index (χ2v) is 6.22. The van der Waals surface area contributed by atoms with E-state index in [1.807, 2.05) is 0 Å². The number of nitrogens with zero attached hydrogens (tertiary/aromatic N) is 2. The van der Waals surface area contributed by atoms with Crippen LogP contribution in [0.25, 0.3) is 33.5 Å². The summed E-state index contributed by atoms with van der Waals surface area (Å²) < 4.78 is 20.6. The highest BCUT2D eigenvalue weighted by Crippen LogP contribution is 2.34. The monoisotopic (exact) mass is 364 g/mol. The molecule has 136 valence electrons. The first-order valence-corrected chi connectivity index (χ1v) is 8.51. The molecule has 0 amide bonds. The normalized spacial score (nSPS) is 11.2. The Morgan fingerprint density at radius 2 is 2.04 bits per heavy atom. The number of nitrogens with one attached hydrogen (secondary N) is 1. The van der Waals surface area contributed by atoms with E-state index in [0.717, 1.165) is 0 Å². The van der Waals surface area contributed by atoms with Crippen molar-refractivity contribution in [2.75, 3.05) is 5.73 Å². The lowest BCUT2D eigenvalue weighted by Gasteiger charge is -2.05. The Balaban J connectivity index is 1.91. The van der Waals surface area contributed by atoms with Gasteiger partial charge in [0.05, 0.1) is 17.3 Å². The minimum absolute atomic E-state index is 0.0515. The summed E-state index contributed by atoms with van der Waals surface area (Å²) in [6.45, 7) is 3.48. The van der Waals surface area contributed by atoms with Crippen LogP contribution < -0.4 is 5.73 Å². The number of pyridine rings is 1. The van der Waals surface area contributed by atoms with Crippen LogP contribution in [0.3, 0.4) is 0 Å². The smallest absolute Gasteiger partial charge is 0.191 e. The van der Waals surface area contributed by atoms with Crippen LogP contribution in [0.5, 0.6) is 0 Å². The number of carbonyl (C=O) groups is 1. The van der Waals surface area contributed by atoms with E-state index in [4.69, 9.17) is 10.2 Å². The van der Waals surface area contributed by atoms with E-state index in [-0.39, 0.29) is 11.6 Å². The Bertz CT molecular complexity index is 1180. The molecule has 6 nitrogen and oxygen atoms in total. The molecule has 0 spiro atoms. The molecule has 1 aromatic carbocycles. The second kappa shape index (κ2) is 6.35. The Morgan fingerprint density at radius 1 is 1.26 bits per heavy atom. The van der Waals surface area contributed by atoms with Gasteiger partial charge in [-0.3, -0.25) is 4.79 Å². The first-order chi connectivity index (χ1) is 13.0. The molecule has 3 heterocycles. The van der Waals surface area contributed by atoms with Gasteiger partial charge in [0, 0.05) is 41.7 Å². The molecule has 4 rings (SSSR count). The molecular weight excluding hydrogens is 347 g/mol. The molecule has 0 radical (unpaired) electrons. The molecule has 3 aromatic heterocycles.